The Morgan fingerprint density at radius 1 is 1.24 bits per heavy atom. The number of allylic oxidation sites excluding steroid dienone is 1. The number of fused-ring (bicyclic) bond motifs is 2. The smallest absolute Gasteiger partial charge is 0.338 e. The molecule has 38 heavy (non-hydrogen) atoms. The number of hydrogen-bond donors (Lipinski definition) is 0. The summed E-state index contributed by atoms with van der Waals surface area (Å²) in [5, 5.41) is 0. The van der Waals surface area contributed by atoms with E-state index in [9.17, 15) is 9.59 Å². The first-order valence-electron chi connectivity index (χ1n) is 11.6. The largest absolute Gasteiger partial charge is 0.487 e. The average Bonchev–Trinajstić information content (AvgIpc) is 3.46. The van der Waals surface area contributed by atoms with Gasteiger partial charge in [-0.25, -0.2) is 9.79 Å². The highest BCUT2D eigenvalue weighted by atomic mass is 79.9. The number of esters is 1. The van der Waals surface area contributed by atoms with Gasteiger partial charge in [-0.05, 0) is 87.2 Å². The fourth-order valence-electron chi connectivity index (χ4n) is 4.28. The van der Waals surface area contributed by atoms with Crippen LogP contribution in [0.25, 0.3) is 6.08 Å². The quantitative estimate of drug-likeness (QED) is 0.271. The molecule has 0 bridgehead atoms. The lowest BCUT2D eigenvalue weighted by molar-refractivity contribution is -0.139. The summed E-state index contributed by atoms with van der Waals surface area (Å²) in [6.07, 6.45) is 3.45. The Bertz CT molecular complexity index is 1650. The minimum absolute atomic E-state index is 0.115. The maximum Gasteiger partial charge on any atom is 0.338 e. The van der Waals surface area contributed by atoms with E-state index in [1.807, 2.05) is 18.2 Å². The van der Waals surface area contributed by atoms with E-state index in [-0.39, 0.29) is 19.0 Å². The molecule has 0 spiro atoms. The molecule has 11 heteroatoms. The number of nitrogens with zero attached hydrogens (tertiary/aromatic N) is 2. The second-order valence-corrected chi connectivity index (χ2v) is 11.0. The number of hydrogen-bond acceptors (Lipinski definition) is 8. The first-order chi connectivity index (χ1) is 18.3. The number of thiazole rings is 1. The Hall–Kier alpha value is -3.15. The predicted molar refractivity (Wildman–Crippen MR) is 150 cm³/mol. The molecule has 0 fully saturated rings. The van der Waals surface area contributed by atoms with E-state index in [1.165, 1.54) is 11.3 Å². The summed E-state index contributed by atoms with van der Waals surface area (Å²) in [4.78, 5) is 32.0. The van der Waals surface area contributed by atoms with Gasteiger partial charge in [0, 0.05) is 0 Å². The second-order valence-electron chi connectivity index (χ2n) is 8.33. The fourth-order valence-corrected chi connectivity index (χ4v) is 6.78. The van der Waals surface area contributed by atoms with Crippen molar-refractivity contribution >= 4 is 55.2 Å². The Labute approximate surface area is 238 Å². The van der Waals surface area contributed by atoms with Crippen LogP contribution in [0.4, 0.5) is 0 Å². The molecule has 2 aromatic carbocycles. The van der Waals surface area contributed by atoms with E-state index in [2.05, 4.69) is 43.4 Å². The number of benzene rings is 2. The molecule has 2 aliphatic rings. The van der Waals surface area contributed by atoms with Gasteiger partial charge in [0.05, 0.1) is 37.4 Å². The Morgan fingerprint density at radius 2 is 1.97 bits per heavy atom. The minimum Gasteiger partial charge on any atom is -0.487 e. The molecular weight excluding hydrogens is 640 g/mol. The second kappa shape index (κ2) is 10.9. The standard InChI is InChI=1S/C27H22Br2N2O6S/c1-4-8-35-24-17(28)9-15(10-18(24)29)11-21-25(32)31-23(16-6-7-19-20(12-16)37-13-36-19)22(26(33)34-5-2)14(3)30-27(31)38-21/h4,6-7,9-12,23H,1,5,8,13H2,2-3H3/b21-11-/t23-/m0/s1. The molecule has 0 unspecified atom stereocenters. The van der Waals surface area contributed by atoms with Crippen molar-refractivity contribution in [2.75, 3.05) is 20.0 Å². The van der Waals surface area contributed by atoms with E-state index < -0.39 is 12.0 Å². The molecule has 3 heterocycles. The lowest BCUT2D eigenvalue weighted by Crippen LogP contribution is -2.39. The molecule has 8 nitrogen and oxygen atoms in total. The molecule has 2 aliphatic heterocycles. The molecule has 1 atom stereocenters. The predicted octanol–water partition coefficient (Wildman–Crippen LogP) is 4.62. The summed E-state index contributed by atoms with van der Waals surface area (Å²) < 4.78 is 25.5. The highest BCUT2D eigenvalue weighted by molar-refractivity contribution is 9.11. The molecule has 0 amide bonds. The van der Waals surface area contributed by atoms with Crippen LogP contribution < -0.4 is 29.1 Å². The molecule has 0 saturated heterocycles. The van der Waals surface area contributed by atoms with Crippen molar-refractivity contribution in [3.63, 3.8) is 0 Å². The summed E-state index contributed by atoms with van der Waals surface area (Å²) in [5.41, 5.74) is 1.99. The normalized spacial score (nSPS) is 16.2. The maximum absolute atomic E-state index is 13.8. The minimum atomic E-state index is -0.741. The Balaban J connectivity index is 1.66. The summed E-state index contributed by atoms with van der Waals surface area (Å²) in [6.45, 7) is 7.83. The molecule has 196 valence electrons. The third-order valence-corrected chi connectivity index (χ3v) is 8.05. The molecule has 5 rings (SSSR count). The van der Waals surface area contributed by atoms with Gasteiger partial charge in [0.1, 0.15) is 12.4 Å². The van der Waals surface area contributed by atoms with Crippen LogP contribution in [0.1, 0.15) is 31.0 Å². The molecule has 0 radical (unpaired) electrons. The van der Waals surface area contributed by atoms with Crippen LogP contribution in [0, 0.1) is 0 Å². The van der Waals surface area contributed by atoms with Gasteiger partial charge in [-0.1, -0.05) is 30.1 Å². The van der Waals surface area contributed by atoms with E-state index >= 15 is 0 Å². The van der Waals surface area contributed by atoms with E-state index in [1.54, 1.807) is 42.7 Å². The van der Waals surface area contributed by atoms with Gasteiger partial charge in [0.15, 0.2) is 16.3 Å². The van der Waals surface area contributed by atoms with Crippen LogP contribution in [0.15, 0.2) is 73.0 Å². The summed E-state index contributed by atoms with van der Waals surface area (Å²) >= 11 is 8.33. The van der Waals surface area contributed by atoms with E-state index in [0.717, 1.165) is 14.5 Å². The molecule has 3 aromatic rings. The van der Waals surface area contributed by atoms with Gasteiger partial charge >= 0.3 is 5.97 Å². The van der Waals surface area contributed by atoms with Crippen molar-refractivity contribution in [3.8, 4) is 17.2 Å². The average molecular weight is 662 g/mol. The van der Waals surface area contributed by atoms with Crippen molar-refractivity contribution in [3.05, 3.63) is 94.0 Å². The number of rotatable bonds is 7. The van der Waals surface area contributed by atoms with Crippen molar-refractivity contribution < 1.29 is 23.7 Å². The molecular formula is C27H22Br2N2O6S. The Kier molecular flexibility index (Phi) is 7.60. The van der Waals surface area contributed by atoms with E-state index in [0.29, 0.717) is 50.0 Å². The monoisotopic (exact) mass is 660 g/mol. The highest BCUT2D eigenvalue weighted by Crippen LogP contribution is 2.38. The first kappa shape index (κ1) is 26.5. The SMILES string of the molecule is C=CCOc1c(Br)cc(/C=c2\sc3n(c2=O)[C@@H](c2ccc4c(c2)OCO4)C(C(=O)OCC)=C(C)N=3)cc1Br. The number of carbonyl (C=O) groups excluding carboxylic acids is 1. The Morgan fingerprint density at radius 3 is 2.68 bits per heavy atom. The zero-order valence-electron chi connectivity index (χ0n) is 20.5. The van der Waals surface area contributed by atoms with Crippen LogP contribution in [0.2, 0.25) is 0 Å². The summed E-state index contributed by atoms with van der Waals surface area (Å²) in [6, 6.07) is 8.38. The van der Waals surface area contributed by atoms with Crippen molar-refractivity contribution in [2.45, 2.75) is 19.9 Å². The number of halogens is 2. The third-order valence-electron chi connectivity index (χ3n) is 5.89. The fraction of sp³-hybridized carbons (Fsp3) is 0.222. The van der Waals surface area contributed by atoms with Crippen LogP contribution in [-0.4, -0.2) is 30.5 Å². The van der Waals surface area contributed by atoms with Crippen LogP contribution in [-0.2, 0) is 9.53 Å². The number of ether oxygens (including phenoxy) is 4. The van der Waals surface area contributed by atoms with Crippen molar-refractivity contribution in [2.24, 2.45) is 4.99 Å². The maximum atomic E-state index is 13.8. The topological polar surface area (TPSA) is 88.3 Å². The molecule has 1 aromatic heterocycles. The van der Waals surface area contributed by atoms with Gasteiger partial charge in [0.25, 0.3) is 5.56 Å². The lowest BCUT2D eigenvalue weighted by atomic mass is 9.95. The van der Waals surface area contributed by atoms with Gasteiger partial charge < -0.3 is 18.9 Å². The van der Waals surface area contributed by atoms with Gasteiger partial charge in [0.2, 0.25) is 6.79 Å². The van der Waals surface area contributed by atoms with Gasteiger partial charge in [-0.2, -0.15) is 0 Å². The molecule has 0 saturated carbocycles. The molecule has 0 N–H and O–H groups in total. The summed E-state index contributed by atoms with van der Waals surface area (Å²) in [5.74, 6) is 1.28. The van der Waals surface area contributed by atoms with E-state index in [4.69, 9.17) is 18.9 Å². The lowest BCUT2D eigenvalue weighted by Gasteiger charge is -2.24. The van der Waals surface area contributed by atoms with Crippen LogP contribution in [0.3, 0.4) is 0 Å². The zero-order valence-corrected chi connectivity index (χ0v) is 24.4. The van der Waals surface area contributed by atoms with Crippen molar-refractivity contribution in [1.82, 2.24) is 4.57 Å². The van der Waals surface area contributed by atoms with Crippen molar-refractivity contribution in [1.29, 1.82) is 0 Å². The van der Waals surface area contributed by atoms with Gasteiger partial charge in [-0.15, -0.1) is 0 Å². The molecule has 0 aliphatic carbocycles. The third kappa shape index (κ3) is 4.85. The highest BCUT2D eigenvalue weighted by Gasteiger charge is 2.34. The van der Waals surface area contributed by atoms with Gasteiger partial charge in [-0.3, -0.25) is 9.36 Å². The summed E-state index contributed by atoms with van der Waals surface area (Å²) in [7, 11) is 0. The number of aromatic nitrogens is 1. The van der Waals surface area contributed by atoms with Crippen LogP contribution in [0.5, 0.6) is 17.2 Å². The van der Waals surface area contributed by atoms with Crippen LogP contribution >= 0.6 is 43.2 Å². The first-order valence-corrected chi connectivity index (χ1v) is 14.0. The number of carbonyl (C=O) groups is 1. The zero-order chi connectivity index (χ0) is 27.0.